The molecule has 0 fully saturated rings. The Morgan fingerprint density at radius 3 is 1.47 bits per heavy atom. The molecule has 11 aromatic carbocycles. The van der Waals surface area contributed by atoms with Crippen molar-refractivity contribution in [3.8, 4) is 39.1 Å². The summed E-state index contributed by atoms with van der Waals surface area (Å²) in [4.78, 5) is 2.47. The lowest BCUT2D eigenvalue weighted by Gasteiger charge is -2.30. The van der Waals surface area contributed by atoms with Crippen LogP contribution in [0.1, 0.15) is 23.7 Å². The predicted octanol–water partition coefficient (Wildman–Crippen LogP) is 18.8. The molecule has 1 aromatic heterocycles. The lowest BCUT2D eigenvalue weighted by Crippen LogP contribution is -2.12. The van der Waals surface area contributed by atoms with Gasteiger partial charge in [-0.25, -0.2) is 0 Å². The summed E-state index contributed by atoms with van der Waals surface area (Å²) in [5, 5.41) is 11.1. The number of benzene rings is 11. The zero-order valence-corrected chi connectivity index (χ0v) is 39.0. The monoisotopic (exact) mass is 872 g/mol. The van der Waals surface area contributed by atoms with Crippen molar-refractivity contribution in [2.24, 2.45) is 0 Å². The minimum absolute atomic E-state index is 1.10. The molecule has 0 atom stereocenters. The largest absolute Gasteiger partial charge is 0.314 e. The maximum Gasteiger partial charge on any atom is 0.0618 e. The molecule has 68 heavy (non-hydrogen) atoms. The van der Waals surface area contributed by atoms with Crippen molar-refractivity contribution >= 4 is 71.1 Å². The first kappa shape index (κ1) is 42.2. The number of aryl methyl sites for hydroxylation is 2. The van der Waals surface area contributed by atoms with Gasteiger partial charge in [0.15, 0.2) is 0 Å². The van der Waals surface area contributed by atoms with Crippen molar-refractivity contribution in [1.29, 1.82) is 0 Å². The maximum absolute atomic E-state index is 3.36. The highest BCUT2D eigenvalue weighted by atomic mass is 15.1. The van der Waals surface area contributed by atoms with Gasteiger partial charge in [-0.15, -0.1) is 6.58 Å². The number of hydrogen-bond donors (Lipinski definition) is 0. The van der Waals surface area contributed by atoms with E-state index in [9.17, 15) is 0 Å². The van der Waals surface area contributed by atoms with E-state index < -0.39 is 0 Å². The van der Waals surface area contributed by atoms with E-state index >= 15 is 0 Å². The second kappa shape index (κ2) is 17.7. The number of hydrogen-bond acceptors (Lipinski definition) is 1. The van der Waals surface area contributed by atoms with Crippen LogP contribution < -0.4 is 4.90 Å². The van der Waals surface area contributed by atoms with Crippen LogP contribution in [-0.2, 0) is 0 Å². The molecule has 0 N–H and O–H groups in total. The third-order valence-electron chi connectivity index (χ3n) is 13.6. The van der Waals surface area contributed by atoms with Crippen molar-refractivity contribution < 1.29 is 0 Å². The Balaban J connectivity index is 0.00000165. The summed E-state index contributed by atoms with van der Waals surface area (Å²) >= 11 is 0. The van der Waals surface area contributed by atoms with E-state index in [1.54, 1.807) is 6.08 Å². The van der Waals surface area contributed by atoms with Crippen LogP contribution >= 0.6 is 0 Å². The fourth-order valence-electron chi connectivity index (χ4n) is 10.6. The molecule has 0 radical (unpaired) electrons. The molecular weight excluding hydrogens is 821 g/mol. The number of rotatable bonds is 7. The summed E-state index contributed by atoms with van der Waals surface area (Å²) in [7, 11) is 0. The van der Waals surface area contributed by atoms with Crippen LogP contribution in [0, 0.1) is 20.8 Å². The first-order valence-corrected chi connectivity index (χ1v) is 23.6. The lowest BCUT2D eigenvalue weighted by molar-refractivity contribution is 1.04. The van der Waals surface area contributed by atoms with Crippen molar-refractivity contribution in [2.75, 3.05) is 4.90 Å². The van der Waals surface area contributed by atoms with Gasteiger partial charge in [-0.3, -0.25) is 0 Å². The van der Waals surface area contributed by atoms with Gasteiger partial charge in [-0.05, 0) is 147 Å². The fraction of sp³-hybridized carbons (Fsp3) is 0.0606. The fourth-order valence-corrected chi connectivity index (χ4v) is 10.6. The molecule has 12 rings (SSSR count). The van der Waals surface area contributed by atoms with Gasteiger partial charge >= 0.3 is 0 Å². The molecule has 0 saturated heterocycles. The SMILES string of the molecule is C=CC.Cc1ccc2c(-c3cccc(-c4ccccc4)c3)c3ccccc3c(-c3c4ccccc4c(N(c4ccccc4)c4ccc(-n5c(C)c(C)c6ccccc65)cc4)c4ccccc34)c2c1. The number of aromatic nitrogens is 1. The highest BCUT2D eigenvalue weighted by Crippen LogP contribution is 2.52. The minimum Gasteiger partial charge on any atom is -0.314 e. The van der Waals surface area contributed by atoms with Crippen molar-refractivity contribution in [3.63, 3.8) is 0 Å². The molecule has 0 bridgehead atoms. The normalized spacial score (nSPS) is 11.3. The second-order valence-electron chi connectivity index (χ2n) is 17.8. The summed E-state index contributed by atoms with van der Waals surface area (Å²) in [6, 6.07) is 82.7. The molecule has 0 amide bonds. The van der Waals surface area contributed by atoms with E-state index in [1.807, 2.05) is 6.92 Å². The summed E-state index contributed by atoms with van der Waals surface area (Å²) in [6.07, 6.45) is 1.75. The van der Waals surface area contributed by atoms with Crippen molar-refractivity contribution in [3.05, 3.63) is 254 Å². The second-order valence-corrected chi connectivity index (χ2v) is 17.8. The van der Waals surface area contributed by atoms with Crippen LogP contribution in [0.25, 0.3) is 93.1 Å². The molecule has 12 aromatic rings. The number of nitrogens with zero attached hydrogens (tertiary/aromatic N) is 2. The van der Waals surface area contributed by atoms with Gasteiger partial charge < -0.3 is 9.47 Å². The van der Waals surface area contributed by atoms with Gasteiger partial charge in [0.1, 0.15) is 0 Å². The van der Waals surface area contributed by atoms with Crippen LogP contribution in [0.15, 0.2) is 237 Å². The average molecular weight is 873 g/mol. The molecule has 0 aliphatic carbocycles. The molecule has 0 aliphatic rings. The molecule has 0 unspecified atom stereocenters. The van der Waals surface area contributed by atoms with Crippen molar-refractivity contribution in [2.45, 2.75) is 27.7 Å². The Bertz CT molecular complexity index is 3780. The average Bonchev–Trinajstić information content (AvgIpc) is 3.65. The zero-order valence-electron chi connectivity index (χ0n) is 39.0. The molecule has 2 heteroatoms. The summed E-state index contributed by atoms with van der Waals surface area (Å²) in [5.41, 5.74) is 17.0. The molecule has 0 saturated carbocycles. The van der Waals surface area contributed by atoms with Gasteiger partial charge in [0.05, 0.1) is 11.2 Å². The van der Waals surface area contributed by atoms with Gasteiger partial charge in [0, 0.05) is 38.9 Å². The van der Waals surface area contributed by atoms with Gasteiger partial charge in [0.2, 0.25) is 0 Å². The van der Waals surface area contributed by atoms with E-state index in [4.69, 9.17) is 0 Å². The summed E-state index contributed by atoms with van der Waals surface area (Å²) in [5.74, 6) is 0. The Hall–Kier alpha value is -8.46. The Kier molecular flexibility index (Phi) is 11.0. The third-order valence-corrected chi connectivity index (χ3v) is 13.6. The topological polar surface area (TPSA) is 8.17 Å². The van der Waals surface area contributed by atoms with Gasteiger partial charge in [-0.1, -0.05) is 188 Å². The van der Waals surface area contributed by atoms with E-state index in [-0.39, 0.29) is 0 Å². The van der Waals surface area contributed by atoms with Crippen LogP contribution in [0.5, 0.6) is 0 Å². The Morgan fingerprint density at radius 1 is 0.382 bits per heavy atom. The van der Waals surface area contributed by atoms with E-state index in [0.717, 1.165) is 22.7 Å². The quantitative estimate of drug-likeness (QED) is 0.114. The first-order valence-electron chi connectivity index (χ1n) is 23.6. The van der Waals surface area contributed by atoms with Crippen LogP contribution in [0.2, 0.25) is 0 Å². The minimum atomic E-state index is 1.10. The van der Waals surface area contributed by atoms with Crippen LogP contribution in [0.3, 0.4) is 0 Å². The van der Waals surface area contributed by atoms with Gasteiger partial charge in [0.25, 0.3) is 0 Å². The van der Waals surface area contributed by atoms with Crippen molar-refractivity contribution in [1.82, 2.24) is 4.57 Å². The molecule has 0 aliphatic heterocycles. The Morgan fingerprint density at radius 2 is 0.838 bits per heavy atom. The summed E-state index contributed by atoms with van der Waals surface area (Å²) < 4.78 is 2.39. The molecule has 1 heterocycles. The standard InChI is InChI=1S/C63H46N2.C3H6/c1-41-33-38-55-58(39-41)62(52-27-11-10-26-51(52)60(55)46-22-18-21-45(40-46)44-19-6-4-7-20-44)61-53-28-12-14-30-56(53)63(57-31-15-13-29-54(57)61)65(47-23-8-5-9-24-47)49-36-34-48(35-37-49)64-43(3)42(2)50-25-16-17-32-59(50)64;1-3-2/h4-40H,1-3H3;3H,1H2,2H3. The van der Waals surface area contributed by atoms with Crippen LogP contribution in [0.4, 0.5) is 17.1 Å². The number of allylic oxidation sites excluding steroid dienone is 1. The third kappa shape index (κ3) is 7.14. The molecule has 326 valence electrons. The van der Waals surface area contributed by atoms with E-state index in [1.165, 1.54) is 104 Å². The highest BCUT2D eigenvalue weighted by molar-refractivity contribution is 6.30. The number of anilines is 3. The number of fused-ring (bicyclic) bond motifs is 5. The molecule has 2 nitrogen and oxygen atoms in total. The van der Waals surface area contributed by atoms with E-state index in [2.05, 4.69) is 261 Å². The zero-order chi connectivity index (χ0) is 46.3. The lowest BCUT2D eigenvalue weighted by atomic mass is 9.81. The van der Waals surface area contributed by atoms with E-state index in [0.29, 0.717) is 0 Å². The maximum atomic E-state index is 3.36. The Labute approximate surface area is 399 Å². The van der Waals surface area contributed by atoms with Crippen LogP contribution in [-0.4, -0.2) is 4.57 Å². The molecular formula is C66H52N2. The van der Waals surface area contributed by atoms with Gasteiger partial charge in [-0.2, -0.15) is 0 Å². The number of para-hydroxylation sites is 2. The smallest absolute Gasteiger partial charge is 0.0618 e. The molecule has 0 spiro atoms. The predicted molar refractivity (Wildman–Crippen MR) is 294 cm³/mol. The highest BCUT2D eigenvalue weighted by Gasteiger charge is 2.25. The summed E-state index contributed by atoms with van der Waals surface area (Å²) in [6.45, 7) is 11.9. The first-order chi connectivity index (χ1) is 33.4.